The number of anilines is 2. The maximum absolute atomic E-state index is 13.1. The van der Waals surface area contributed by atoms with E-state index in [1.54, 1.807) is 13.8 Å². The summed E-state index contributed by atoms with van der Waals surface area (Å²) >= 11 is 0. The van der Waals surface area contributed by atoms with Crippen molar-refractivity contribution in [2.75, 3.05) is 18.2 Å². The summed E-state index contributed by atoms with van der Waals surface area (Å²) in [6.45, 7) is 3.96. The number of nitrogens with two attached hydrogens (primary N) is 1. The average Bonchev–Trinajstić information content (AvgIpc) is 3.03. The first-order valence-corrected chi connectivity index (χ1v) is 8.52. The summed E-state index contributed by atoms with van der Waals surface area (Å²) in [5.74, 6) is 0.959. The number of methoxy groups -OCH3 is 1. The number of fused-ring (bicyclic) bond motifs is 1. The van der Waals surface area contributed by atoms with Crippen LogP contribution in [0.4, 0.5) is 29.5 Å². The third-order valence-corrected chi connectivity index (χ3v) is 4.49. The highest BCUT2D eigenvalue weighted by molar-refractivity contribution is 5.69. The SMILES string of the molecule is COC(=O)N1Cc2nc(C)nc(N[C@H](C)c3cc(N)cc(C(F)(F)F)c3)c2C1. The van der Waals surface area contributed by atoms with Gasteiger partial charge in [-0.25, -0.2) is 14.8 Å². The summed E-state index contributed by atoms with van der Waals surface area (Å²) in [4.78, 5) is 22.0. The molecule has 1 aliphatic heterocycles. The van der Waals surface area contributed by atoms with Crippen molar-refractivity contribution in [1.82, 2.24) is 14.9 Å². The maximum Gasteiger partial charge on any atom is 0.416 e. The molecule has 28 heavy (non-hydrogen) atoms. The number of hydrogen-bond donors (Lipinski definition) is 2. The molecule has 0 unspecified atom stereocenters. The van der Waals surface area contributed by atoms with Gasteiger partial charge < -0.3 is 15.8 Å². The fourth-order valence-electron chi connectivity index (χ4n) is 3.13. The Balaban J connectivity index is 1.90. The molecular weight excluding hydrogens is 375 g/mol. The number of alkyl halides is 3. The zero-order chi connectivity index (χ0) is 20.6. The number of nitrogen functional groups attached to an aromatic ring is 1. The van der Waals surface area contributed by atoms with E-state index in [0.29, 0.717) is 28.5 Å². The molecule has 3 N–H and O–H groups in total. The van der Waals surface area contributed by atoms with Crippen molar-refractivity contribution in [1.29, 1.82) is 0 Å². The molecular formula is C18H20F3N5O2. The largest absolute Gasteiger partial charge is 0.453 e. The molecule has 2 heterocycles. The number of benzene rings is 1. The van der Waals surface area contributed by atoms with Gasteiger partial charge in [0.05, 0.1) is 37.5 Å². The van der Waals surface area contributed by atoms with E-state index in [-0.39, 0.29) is 18.8 Å². The topological polar surface area (TPSA) is 93.4 Å². The first-order valence-electron chi connectivity index (χ1n) is 8.52. The number of aromatic nitrogens is 2. The maximum atomic E-state index is 13.1. The molecule has 0 radical (unpaired) electrons. The summed E-state index contributed by atoms with van der Waals surface area (Å²) < 4.78 is 44.0. The summed E-state index contributed by atoms with van der Waals surface area (Å²) in [5, 5.41) is 3.13. The molecule has 0 saturated carbocycles. The van der Waals surface area contributed by atoms with Crippen LogP contribution in [0.2, 0.25) is 0 Å². The van der Waals surface area contributed by atoms with Crippen LogP contribution < -0.4 is 11.1 Å². The Bertz CT molecular complexity index is 917. The minimum atomic E-state index is -4.49. The standard InChI is InChI=1S/C18H20F3N5O2/c1-9(11-4-12(18(19,20)21)6-13(22)5-11)23-16-14-7-26(17(27)28-3)8-15(14)24-10(2)25-16/h4-6,9H,7-8,22H2,1-3H3,(H,23,24,25)/t9-/m1/s1. The van der Waals surface area contributed by atoms with Crippen molar-refractivity contribution in [3.63, 3.8) is 0 Å². The minimum Gasteiger partial charge on any atom is -0.453 e. The minimum absolute atomic E-state index is 0.0273. The predicted molar refractivity (Wildman–Crippen MR) is 96.3 cm³/mol. The van der Waals surface area contributed by atoms with Gasteiger partial charge >= 0.3 is 12.3 Å². The third kappa shape index (κ3) is 3.95. The highest BCUT2D eigenvalue weighted by atomic mass is 19.4. The summed E-state index contributed by atoms with van der Waals surface area (Å²) in [6.07, 6.45) is -4.97. The van der Waals surface area contributed by atoms with E-state index >= 15 is 0 Å². The number of nitrogens with zero attached hydrogens (tertiary/aromatic N) is 3. The van der Waals surface area contributed by atoms with Gasteiger partial charge in [0.1, 0.15) is 11.6 Å². The summed E-state index contributed by atoms with van der Waals surface area (Å²) in [7, 11) is 1.29. The van der Waals surface area contributed by atoms with Gasteiger partial charge in [-0.2, -0.15) is 13.2 Å². The van der Waals surface area contributed by atoms with Crippen molar-refractivity contribution in [2.45, 2.75) is 39.2 Å². The van der Waals surface area contributed by atoms with Crippen molar-refractivity contribution in [2.24, 2.45) is 0 Å². The van der Waals surface area contributed by atoms with Gasteiger partial charge in [-0.05, 0) is 37.6 Å². The Kier molecular flexibility index (Phi) is 5.05. The lowest BCUT2D eigenvalue weighted by molar-refractivity contribution is -0.137. The molecule has 10 heteroatoms. The fraction of sp³-hybridized carbons (Fsp3) is 0.389. The number of nitrogens with one attached hydrogen (secondary N) is 1. The monoisotopic (exact) mass is 395 g/mol. The highest BCUT2D eigenvalue weighted by Gasteiger charge is 2.32. The smallest absolute Gasteiger partial charge is 0.416 e. The van der Waals surface area contributed by atoms with E-state index in [0.717, 1.165) is 12.1 Å². The zero-order valence-electron chi connectivity index (χ0n) is 15.6. The van der Waals surface area contributed by atoms with Gasteiger partial charge in [0.15, 0.2) is 0 Å². The number of hydrogen-bond acceptors (Lipinski definition) is 6. The highest BCUT2D eigenvalue weighted by Crippen LogP contribution is 2.34. The van der Waals surface area contributed by atoms with Crippen molar-refractivity contribution in [3.05, 3.63) is 46.4 Å². The van der Waals surface area contributed by atoms with Crippen LogP contribution in [0.5, 0.6) is 0 Å². The van der Waals surface area contributed by atoms with Gasteiger partial charge in [-0.15, -0.1) is 0 Å². The van der Waals surface area contributed by atoms with E-state index in [9.17, 15) is 18.0 Å². The molecule has 150 valence electrons. The van der Waals surface area contributed by atoms with Crippen molar-refractivity contribution < 1.29 is 22.7 Å². The van der Waals surface area contributed by atoms with Crippen LogP contribution in [0.15, 0.2) is 18.2 Å². The molecule has 1 aromatic heterocycles. The first kappa shape index (κ1) is 19.7. The Morgan fingerprint density at radius 3 is 2.64 bits per heavy atom. The molecule has 3 rings (SSSR count). The molecule has 0 saturated heterocycles. The van der Waals surface area contributed by atoms with Gasteiger partial charge in [0.25, 0.3) is 0 Å². The van der Waals surface area contributed by atoms with Crippen LogP contribution in [-0.2, 0) is 24.0 Å². The lowest BCUT2D eigenvalue weighted by atomic mass is 10.0. The number of amides is 1. The second-order valence-corrected chi connectivity index (χ2v) is 6.62. The van der Waals surface area contributed by atoms with Gasteiger partial charge in [-0.1, -0.05) is 0 Å². The molecule has 1 aromatic carbocycles. The molecule has 0 bridgehead atoms. The number of halogens is 3. The van der Waals surface area contributed by atoms with Crippen molar-refractivity contribution >= 4 is 17.6 Å². The van der Waals surface area contributed by atoms with Crippen LogP contribution in [0.25, 0.3) is 0 Å². The van der Waals surface area contributed by atoms with Gasteiger partial charge in [-0.3, -0.25) is 4.90 Å². The van der Waals surface area contributed by atoms with E-state index < -0.39 is 23.9 Å². The number of ether oxygens (including phenoxy) is 1. The van der Waals surface area contributed by atoms with Crippen LogP contribution >= 0.6 is 0 Å². The molecule has 0 fully saturated rings. The average molecular weight is 395 g/mol. The molecule has 1 aliphatic rings. The van der Waals surface area contributed by atoms with E-state index in [1.807, 2.05) is 0 Å². The van der Waals surface area contributed by atoms with Crippen LogP contribution in [0.3, 0.4) is 0 Å². The van der Waals surface area contributed by atoms with E-state index in [2.05, 4.69) is 15.3 Å². The lowest BCUT2D eigenvalue weighted by Crippen LogP contribution is -2.25. The first-order chi connectivity index (χ1) is 13.1. The third-order valence-electron chi connectivity index (χ3n) is 4.49. The Hall–Kier alpha value is -3.04. The Morgan fingerprint density at radius 2 is 2.00 bits per heavy atom. The molecule has 0 spiro atoms. The summed E-state index contributed by atoms with van der Waals surface area (Å²) in [5.41, 5.74) is 6.64. The van der Waals surface area contributed by atoms with Crippen LogP contribution in [0.1, 0.15) is 41.2 Å². The quantitative estimate of drug-likeness (QED) is 0.771. The Morgan fingerprint density at radius 1 is 1.29 bits per heavy atom. The normalized spacial score (nSPS) is 14.6. The van der Waals surface area contributed by atoms with Crippen LogP contribution in [0, 0.1) is 6.92 Å². The van der Waals surface area contributed by atoms with Gasteiger partial charge in [0, 0.05) is 11.3 Å². The Labute approximate surface area is 159 Å². The number of aryl methyl sites for hydroxylation is 1. The second-order valence-electron chi connectivity index (χ2n) is 6.62. The molecule has 1 amide bonds. The second kappa shape index (κ2) is 7.17. The van der Waals surface area contributed by atoms with Gasteiger partial charge in [0.2, 0.25) is 0 Å². The molecule has 1 atom stereocenters. The zero-order valence-corrected chi connectivity index (χ0v) is 15.6. The van der Waals surface area contributed by atoms with Crippen LogP contribution in [-0.4, -0.2) is 28.1 Å². The number of carbonyl (C=O) groups is 1. The lowest BCUT2D eigenvalue weighted by Gasteiger charge is -2.19. The predicted octanol–water partition coefficient (Wildman–Crippen LogP) is 3.64. The van der Waals surface area contributed by atoms with E-state index in [4.69, 9.17) is 10.5 Å². The van der Waals surface area contributed by atoms with E-state index in [1.165, 1.54) is 18.1 Å². The number of carbonyl (C=O) groups excluding carboxylic acids is 1. The fourth-order valence-corrected chi connectivity index (χ4v) is 3.13. The number of rotatable bonds is 3. The molecule has 7 nitrogen and oxygen atoms in total. The molecule has 2 aromatic rings. The van der Waals surface area contributed by atoms with Crippen molar-refractivity contribution in [3.8, 4) is 0 Å². The summed E-state index contributed by atoms with van der Waals surface area (Å²) in [6, 6.07) is 2.94. The molecule has 0 aliphatic carbocycles.